The van der Waals surface area contributed by atoms with Gasteiger partial charge in [-0.05, 0) is 24.6 Å². The summed E-state index contributed by atoms with van der Waals surface area (Å²) in [5, 5.41) is 11.1. The van der Waals surface area contributed by atoms with Crippen LogP contribution in [0.5, 0.6) is 0 Å². The molecule has 0 aliphatic heterocycles. The molecule has 0 saturated heterocycles. The van der Waals surface area contributed by atoms with Crippen LogP contribution in [0, 0.1) is 5.92 Å². The Hall–Kier alpha value is -1.89. The van der Waals surface area contributed by atoms with Crippen molar-refractivity contribution in [3.05, 3.63) is 29.8 Å². The third-order valence-electron chi connectivity index (χ3n) is 2.58. The summed E-state index contributed by atoms with van der Waals surface area (Å²) in [5.41, 5.74) is 0.693. The zero-order valence-electron chi connectivity index (χ0n) is 10.6. The van der Waals surface area contributed by atoms with Gasteiger partial charge in [0.05, 0.1) is 4.90 Å². The van der Waals surface area contributed by atoms with E-state index < -0.39 is 27.6 Å². The second-order valence-electron chi connectivity index (χ2n) is 4.19. The molecule has 0 spiro atoms. The molecule has 1 aromatic carbocycles. The summed E-state index contributed by atoms with van der Waals surface area (Å²) < 4.78 is 22.5. The van der Waals surface area contributed by atoms with Crippen molar-refractivity contribution in [2.24, 2.45) is 5.92 Å². The largest absolute Gasteiger partial charge is 0.481 e. The normalized spacial score (nSPS) is 12.7. The van der Waals surface area contributed by atoms with E-state index in [1.54, 1.807) is 12.1 Å². The molecule has 1 amide bonds. The molecule has 0 saturated carbocycles. The summed E-state index contributed by atoms with van der Waals surface area (Å²) >= 11 is 0. The van der Waals surface area contributed by atoms with Crippen LogP contribution in [0.2, 0.25) is 0 Å². The fourth-order valence-electron chi connectivity index (χ4n) is 1.31. The highest BCUT2D eigenvalue weighted by Crippen LogP contribution is 2.10. The quantitative estimate of drug-likeness (QED) is 0.764. The average molecular weight is 285 g/mol. The minimum atomic E-state index is -3.24. The fourth-order valence-corrected chi connectivity index (χ4v) is 1.94. The maximum Gasteiger partial charge on any atom is 0.315 e. The first-order valence-electron chi connectivity index (χ1n) is 5.51. The summed E-state index contributed by atoms with van der Waals surface area (Å²) in [7, 11) is -3.24. The molecule has 19 heavy (non-hydrogen) atoms. The third-order valence-corrected chi connectivity index (χ3v) is 3.71. The predicted octanol–water partition coefficient (Wildman–Crippen LogP) is 0.427. The van der Waals surface area contributed by atoms with Crippen molar-refractivity contribution in [3.63, 3.8) is 0 Å². The molecular weight excluding hydrogens is 270 g/mol. The zero-order chi connectivity index (χ0) is 14.6. The van der Waals surface area contributed by atoms with E-state index in [0.29, 0.717) is 5.56 Å². The molecule has 2 N–H and O–H groups in total. The van der Waals surface area contributed by atoms with Crippen LogP contribution >= 0.6 is 0 Å². The maximum atomic E-state index is 11.4. The molecule has 0 aromatic heterocycles. The molecular formula is C12H15NO5S. The minimum absolute atomic E-state index is 0.153. The number of nitrogens with one attached hydrogen (secondary N) is 1. The Morgan fingerprint density at radius 2 is 1.79 bits per heavy atom. The first-order chi connectivity index (χ1) is 8.71. The minimum Gasteiger partial charge on any atom is -0.481 e. The lowest BCUT2D eigenvalue weighted by Gasteiger charge is -2.08. The molecule has 7 heteroatoms. The molecule has 0 radical (unpaired) electrons. The van der Waals surface area contributed by atoms with Crippen LogP contribution in [0.1, 0.15) is 12.5 Å². The van der Waals surface area contributed by atoms with Crippen molar-refractivity contribution >= 4 is 21.7 Å². The molecule has 1 rings (SSSR count). The summed E-state index contributed by atoms with van der Waals surface area (Å²) in [5.74, 6) is -2.89. The highest BCUT2D eigenvalue weighted by molar-refractivity contribution is 7.90. The van der Waals surface area contributed by atoms with Crippen LogP contribution in [0.4, 0.5) is 0 Å². The van der Waals surface area contributed by atoms with Crippen LogP contribution in [-0.2, 0) is 26.0 Å². The topological polar surface area (TPSA) is 101 Å². The van der Waals surface area contributed by atoms with E-state index in [-0.39, 0.29) is 11.4 Å². The second-order valence-corrected chi connectivity index (χ2v) is 6.21. The van der Waals surface area contributed by atoms with Gasteiger partial charge < -0.3 is 10.4 Å². The van der Waals surface area contributed by atoms with Crippen LogP contribution in [0.25, 0.3) is 0 Å². The number of carbonyl (C=O) groups excluding carboxylic acids is 1. The van der Waals surface area contributed by atoms with Gasteiger partial charge >= 0.3 is 5.97 Å². The SMILES string of the molecule is CC(C(=O)O)C(=O)NCc1ccc(S(C)(=O)=O)cc1. The van der Waals surface area contributed by atoms with Gasteiger partial charge in [0.2, 0.25) is 5.91 Å². The molecule has 0 bridgehead atoms. The van der Waals surface area contributed by atoms with Crippen LogP contribution in [0.3, 0.4) is 0 Å². The summed E-state index contributed by atoms with van der Waals surface area (Å²) in [4.78, 5) is 22.2. The molecule has 1 atom stereocenters. The Kier molecular flexibility index (Phi) is 4.66. The van der Waals surface area contributed by atoms with Crippen LogP contribution in [0.15, 0.2) is 29.2 Å². The van der Waals surface area contributed by atoms with E-state index in [2.05, 4.69) is 5.32 Å². The summed E-state index contributed by atoms with van der Waals surface area (Å²) in [6.45, 7) is 1.45. The number of sulfone groups is 1. The van der Waals surface area contributed by atoms with Gasteiger partial charge in [0, 0.05) is 12.8 Å². The Bertz CT molecular complexity index is 577. The number of amides is 1. The van der Waals surface area contributed by atoms with Gasteiger partial charge in [-0.2, -0.15) is 0 Å². The van der Waals surface area contributed by atoms with Gasteiger partial charge in [0.15, 0.2) is 9.84 Å². The average Bonchev–Trinajstić information content (AvgIpc) is 2.34. The van der Waals surface area contributed by atoms with E-state index in [0.717, 1.165) is 6.26 Å². The van der Waals surface area contributed by atoms with E-state index in [4.69, 9.17) is 5.11 Å². The first kappa shape index (κ1) is 15.2. The van der Waals surface area contributed by atoms with Gasteiger partial charge in [-0.25, -0.2) is 8.42 Å². The number of hydrogen-bond acceptors (Lipinski definition) is 4. The smallest absolute Gasteiger partial charge is 0.315 e. The number of carboxylic acid groups (broad SMARTS) is 1. The van der Waals surface area contributed by atoms with E-state index in [9.17, 15) is 18.0 Å². The van der Waals surface area contributed by atoms with Crippen LogP contribution < -0.4 is 5.32 Å². The number of hydrogen-bond donors (Lipinski definition) is 2. The second kappa shape index (κ2) is 5.83. The molecule has 0 heterocycles. The van der Waals surface area contributed by atoms with Crippen molar-refractivity contribution in [2.75, 3.05) is 6.26 Å². The molecule has 0 aliphatic rings. The number of carboxylic acids is 1. The fraction of sp³-hybridized carbons (Fsp3) is 0.333. The molecule has 0 fully saturated rings. The summed E-state index contributed by atoms with van der Waals surface area (Å²) in [6, 6.07) is 6.03. The van der Waals surface area contributed by atoms with Crippen molar-refractivity contribution in [1.82, 2.24) is 5.32 Å². The zero-order valence-corrected chi connectivity index (χ0v) is 11.4. The monoisotopic (exact) mass is 285 g/mol. The Morgan fingerprint density at radius 1 is 1.26 bits per heavy atom. The Balaban J connectivity index is 2.65. The maximum absolute atomic E-state index is 11.4. The van der Waals surface area contributed by atoms with Gasteiger partial charge in [-0.15, -0.1) is 0 Å². The Labute approximate surface area is 111 Å². The van der Waals surface area contributed by atoms with Crippen molar-refractivity contribution in [2.45, 2.75) is 18.4 Å². The van der Waals surface area contributed by atoms with Crippen molar-refractivity contribution < 1.29 is 23.1 Å². The van der Waals surface area contributed by atoms with Crippen molar-refractivity contribution in [1.29, 1.82) is 0 Å². The number of rotatable bonds is 5. The standard InChI is InChI=1S/C12H15NO5S/c1-8(12(15)16)11(14)13-7-9-3-5-10(6-4-9)19(2,17)18/h3-6,8H,7H2,1-2H3,(H,13,14)(H,15,16). The van der Waals surface area contributed by atoms with Gasteiger partial charge in [0.25, 0.3) is 0 Å². The highest BCUT2D eigenvalue weighted by atomic mass is 32.2. The summed E-state index contributed by atoms with van der Waals surface area (Å²) in [6.07, 6.45) is 1.11. The number of aliphatic carboxylic acids is 1. The molecule has 6 nitrogen and oxygen atoms in total. The molecule has 1 aromatic rings. The van der Waals surface area contributed by atoms with E-state index >= 15 is 0 Å². The van der Waals surface area contributed by atoms with Crippen LogP contribution in [-0.4, -0.2) is 31.7 Å². The lowest BCUT2D eigenvalue weighted by molar-refractivity contribution is -0.146. The van der Waals surface area contributed by atoms with E-state index in [1.807, 2.05) is 0 Å². The van der Waals surface area contributed by atoms with E-state index in [1.165, 1.54) is 19.1 Å². The molecule has 104 valence electrons. The first-order valence-corrected chi connectivity index (χ1v) is 7.40. The predicted molar refractivity (Wildman–Crippen MR) is 68.2 cm³/mol. The number of carbonyl (C=O) groups is 2. The lowest BCUT2D eigenvalue weighted by atomic mass is 10.1. The lowest BCUT2D eigenvalue weighted by Crippen LogP contribution is -2.33. The number of benzene rings is 1. The van der Waals surface area contributed by atoms with Gasteiger partial charge in [0.1, 0.15) is 5.92 Å². The van der Waals surface area contributed by atoms with Gasteiger partial charge in [-0.3, -0.25) is 9.59 Å². The molecule has 1 unspecified atom stereocenters. The third kappa shape index (κ3) is 4.36. The Morgan fingerprint density at radius 3 is 2.21 bits per heavy atom. The molecule has 0 aliphatic carbocycles. The van der Waals surface area contributed by atoms with Gasteiger partial charge in [-0.1, -0.05) is 12.1 Å². The highest BCUT2D eigenvalue weighted by Gasteiger charge is 2.19. The van der Waals surface area contributed by atoms with Crippen molar-refractivity contribution in [3.8, 4) is 0 Å².